The Morgan fingerprint density at radius 2 is 1.96 bits per heavy atom. The number of nitrogens with two attached hydrogens (primary N) is 1. The Balaban J connectivity index is 1.76. The summed E-state index contributed by atoms with van der Waals surface area (Å²) in [4.78, 5) is 38.5. The number of hydrogen-bond donors (Lipinski definition) is 1. The summed E-state index contributed by atoms with van der Waals surface area (Å²) in [5.41, 5.74) is 6.09. The second-order valence-corrected chi connectivity index (χ2v) is 7.52. The van der Waals surface area contributed by atoms with Gasteiger partial charge in [0.15, 0.2) is 11.6 Å². The molecule has 4 rings (SSSR count). The third kappa shape index (κ3) is 3.06. The van der Waals surface area contributed by atoms with E-state index in [1.54, 1.807) is 29.4 Å². The van der Waals surface area contributed by atoms with Gasteiger partial charge in [0, 0.05) is 30.5 Å². The van der Waals surface area contributed by atoms with Crippen molar-refractivity contribution in [3.63, 3.8) is 0 Å². The molecule has 27 heavy (non-hydrogen) atoms. The molecular weight excluding hydrogens is 366 g/mol. The van der Waals surface area contributed by atoms with E-state index in [2.05, 4.69) is 15.0 Å². The van der Waals surface area contributed by atoms with Gasteiger partial charge in [0.2, 0.25) is 0 Å². The lowest BCUT2D eigenvalue weighted by atomic mass is 9.62. The Morgan fingerprint density at radius 3 is 2.70 bits per heavy atom. The topological polar surface area (TPSA) is 104 Å². The predicted octanol–water partition coefficient (Wildman–Crippen LogP) is 2.87. The molecule has 1 spiro atoms. The first kappa shape index (κ1) is 17.9. The average Bonchev–Trinajstić information content (AvgIpc) is 3.20. The summed E-state index contributed by atoms with van der Waals surface area (Å²) < 4.78 is 1.68. The highest BCUT2D eigenvalue weighted by Crippen LogP contribution is 2.45. The van der Waals surface area contributed by atoms with Crippen molar-refractivity contribution in [3.05, 3.63) is 41.3 Å². The zero-order valence-electron chi connectivity index (χ0n) is 14.8. The number of imidazole rings is 1. The zero-order valence-corrected chi connectivity index (χ0v) is 15.6. The summed E-state index contributed by atoms with van der Waals surface area (Å²) in [6.45, 7) is 0. The summed E-state index contributed by atoms with van der Waals surface area (Å²) in [6, 6.07) is 1.60. The van der Waals surface area contributed by atoms with Gasteiger partial charge in [-0.2, -0.15) is 0 Å². The lowest BCUT2D eigenvalue weighted by molar-refractivity contribution is -0.143. The highest BCUT2D eigenvalue weighted by Gasteiger charge is 2.49. The van der Waals surface area contributed by atoms with Crippen LogP contribution in [0, 0.1) is 5.41 Å². The Hall–Kier alpha value is -2.54. The Morgan fingerprint density at radius 1 is 1.15 bits per heavy atom. The van der Waals surface area contributed by atoms with E-state index >= 15 is 0 Å². The number of carbonyl (C=O) groups is 2. The van der Waals surface area contributed by atoms with Crippen LogP contribution in [0.4, 0.5) is 0 Å². The third-order valence-electron chi connectivity index (χ3n) is 5.55. The van der Waals surface area contributed by atoms with Gasteiger partial charge in [-0.1, -0.05) is 18.0 Å². The van der Waals surface area contributed by atoms with Crippen LogP contribution in [-0.4, -0.2) is 31.1 Å². The molecule has 0 amide bonds. The van der Waals surface area contributed by atoms with Crippen molar-refractivity contribution >= 4 is 28.9 Å². The predicted molar refractivity (Wildman–Crippen MR) is 100 cm³/mol. The largest absolute Gasteiger partial charge is 0.395 e. The minimum atomic E-state index is -0.901. The van der Waals surface area contributed by atoms with Crippen molar-refractivity contribution in [2.75, 3.05) is 0 Å². The minimum absolute atomic E-state index is 0.0508. The van der Waals surface area contributed by atoms with Gasteiger partial charge in [0.1, 0.15) is 23.1 Å². The smallest absolute Gasteiger partial charge is 0.179 e. The normalized spacial score (nSPS) is 25.1. The van der Waals surface area contributed by atoms with Crippen molar-refractivity contribution < 1.29 is 9.59 Å². The number of ketones is 2. The quantitative estimate of drug-likeness (QED) is 0.484. The van der Waals surface area contributed by atoms with Crippen LogP contribution in [0.5, 0.6) is 0 Å². The molecule has 2 N–H and O–H groups in total. The van der Waals surface area contributed by atoms with Crippen molar-refractivity contribution in [3.8, 4) is 5.82 Å². The van der Waals surface area contributed by atoms with E-state index in [1.165, 1.54) is 0 Å². The zero-order chi connectivity index (χ0) is 19.0. The van der Waals surface area contributed by atoms with Crippen LogP contribution < -0.4 is 5.73 Å². The van der Waals surface area contributed by atoms with Crippen LogP contribution in [0.1, 0.15) is 50.8 Å². The van der Waals surface area contributed by atoms with Crippen LogP contribution >= 0.6 is 11.6 Å². The number of nitrogens with zero attached hydrogens (tertiary/aromatic N) is 4. The molecule has 0 bridgehead atoms. The molecule has 2 aliphatic rings. The number of rotatable bonds is 2. The molecule has 0 aliphatic heterocycles. The maximum absolute atomic E-state index is 13.3. The number of Topliss-reactive ketones (excluding diaryl/α,β-unsaturated/α-hetero) is 2. The first-order valence-electron chi connectivity index (χ1n) is 9.11. The van der Waals surface area contributed by atoms with E-state index in [-0.39, 0.29) is 28.2 Å². The number of hydrogen-bond acceptors (Lipinski definition) is 6. The number of aromatic nitrogens is 4. The highest BCUT2D eigenvalue weighted by atomic mass is 35.5. The van der Waals surface area contributed by atoms with Crippen LogP contribution in [-0.2, 0) is 9.59 Å². The standard InChI is InChI=1S/C19H20ClN5O2/c20-14-10-15(25-9-8-22-11-25)24-18(23-14)16(21)12-4-3-7-19(17(12)27)6-2-1-5-13(19)26/h8-11H,1-7,21H2/b16-12-/t19-/m1/s1. The lowest BCUT2D eigenvalue weighted by Gasteiger charge is -2.38. The molecule has 0 aromatic carbocycles. The second-order valence-electron chi connectivity index (χ2n) is 7.13. The van der Waals surface area contributed by atoms with E-state index in [1.807, 2.05) is 0 Å². The molecule has 0 unspecified atom stereocenters. The summed E-state index contributed by atoms with van der Waals surface area (Å²) >= 11 is 6.15. The fraction of sp³-hybridized carbons (Fsp3) is 0.421. The first-order valence-corrected chi connectivity index (χ1v) is 9.49. The molecule has 2 heterocycles. The maximum atomic E-state index is 13.3. The number of allylic oxidation sites excluding steroid dienone is 1. The Kier molecular flexibility index (Phi) is 4.55. The summed E-state index contributed by atoms with van der Waals surface area (Å²) in [7, 11) is 0. The summed E-state index contributed by atoms with van der Waals surface area (Å²) in [6.07, 6.45) is 9.66. The molecular formula is C19H20ClN5O2. The van der Waals surface area contributed by atoms with E-state index in [9.17, 15) is 9.59 Å². The van der Waals surface area contributed by atoms with Crippen LogP contribution in [0.3, 0.4) is 0 Å². The van der Waals surface area contributed by atoms with Crippen LogP contribution in [0.2, 0.25) is 5.15 Å². The van der Waals surface area contributed by atoms with Crippen LogP contribution in [0.15, 0.2) is 30.4 Å². The fourth-order valence-corrected chi connectivity index (χ4v) is 4.30. The fourth-order valence-electron chi connectivity index (χ4n) is 4.12. The molecule has 140 valence electrons. The van der Waals surface area contributed by atoms with Gasteiger partial charge in [-0.05, 0) is 32.1 Å². The van der Waals surface area contributed by atoms with Crippen molar-refractivity contribution in [2.45, 2.75) is 44.9 Å². The number of halogens is 1. The first-order chi connectivity index (χ1) is 13.0. The van der Waals surface area contributed by atoms with E-state index < -0.39 is 5.41 Å². The minimum Gasteiger partial charge on any atom is -0.395 e. The van der Waals surface area contributed by atoms with Gasteiger partial charge in [-0.3, -0.25) is 14.2 Å². The van der Waals surface area contributed by atoms with Gasteiger partial charge in [0.25, 0.3) is 0 Å². The van der Waals surface area contributed by atoms with Gasteiger partial charge >= 0.3 is 0 Å². The van der Waals surface area contributed by atoms with Gasteiger partial charge in [-0.25, -0.2) is 15.0 Å². The molecule has 2 fully saturated rings. The van der Waals surface area contributed by atoms with Crippen molar-refractivity contribution in [1.29, 1.82) is 0 Å². The summed E-state index contributed by atoms with van der Waals surface area (Å²) in [5, 5.41) is 0.221. The van der Waals surface area contributed by atoms with Crippen molar-refractivity contribution in [2.24, 2.45) is 11.1 Å². The molecule has 0 radical (unpaired) electrons. The maximum Gasteiger partial charge on any atom is 0.179 e. The van der Waals surface area contributed by atoms with E-state index in [4.69, 9.17) is 17.3 Å². The molecule has 2 aromatic rings. The van der Waals surface area contributed by atoms with E-state index in [0.29, 0.717) is 37.1 Å². The molecule has 2 aliphatic carbocycles. The highest BCUT2D eigenvalue weighted by molar-refractivity contribution is 6.29. The average molecular weight is 386 g/mol. The van der Waals surface area contributed by atoms with E-state index in [0.717, 1.165) is 19.3 Å². The molecule has 2 aromatic heterocycles. The second kappa shape index (κ2) is 6.88. The monoisotopic (exact) mass is 385 g/mol. The molecule has 7 nitrogen and oxygen atoms in total. The van der Waals surface area contributed by atoms with Crippen molar-refractivity contribution in [1.82, 2.24) is 19.5 Å². The molecule has 8 heteroatoms. The van der Waals surface area contributed by atoms with Gasteiger partial charge in [0.05, 0.1) is 11.1 Å². The Bertz CT molecular complexity index is 934. The summed E-state index contributed by atoms with van der Waals surface area (Å²) in [5.74, 6) is 0.617. The van der Waals surface area contributed by atoms with Gasteiger partial charge in [-0.15, -0.1) is 0 Å². The molecule has 0 saturated heterocycles. The molecule has 2 saturated carbocycles. The van der Waals surface area contributed by atoms with Crippen LogP contribution in [0.25, 0.3) is 11.5 Å². The number of carbonyl (C=O) groups excluding carboxylic acids is 2. The third-order valence-corrected chi connectivity index (χ3v) is 5.74. The Labute approximate surface area is 161 Å². The molecule has 1 atom stereocenters. The SMILES string of the molecule is N/C(=C1/CCC[C@@]2(CCCCC2=O)C1=O)c1nc(Cl)cc(-n2ccnc2)n1. The lowest BCUT2D eigenvalue weighted by Crippen LogP contribution is -2.45. The van der Waals surface area contributed by atoms with Gasteiger partial charge < -0.3 is 5.73 Å².